The average molecular weight is 612 g/mol. The molecule has 1 aromatic carbocycles. The third-order valence-corrected chi connectivity index (χ3v) is 6.65. The molecule has 3 amide bonds. The molecule has 2 heterocycles. The molecule has 1 aromatic heterocycles. The molecule has 1 saturated heterocycles. The summed E-state index contributed by atoms with van der Waals surface area (Å²) >= 11 is 12.4. The molecule has 0 bridgehead atoms. The van der Waals surface area contributed by atoms with Crippen LogP contribution in [0.3, 0.4) is 0 Å². The maximum Gasteiger partial charge on any atom is 0.408 e. The van der Waals surface area contributed by atoms with Crippen molar-refractivity contribution >= 4 is 52.8 Å². The Morgan fingerprint density at radius 1 is 1.10 bits per heavy atom. The second-order valence-electron chi connectivity index (χ2n) is 10.9. The Labute approximate surface area is 248 Å². The number of halogens is 2. The topological polar surface area (TPSA) is 153 Å². The van der Waals surface area contributed by atoms with E-state index in [1.165, 1.54) is 23.0 Å². The molecule has 1 fully saturated rings. The van der Waals surface area contributed by atoms with Crippen LogP contribution in [0.5, 0.6) is 0 Å². The van der Waals surface area contributed by atoms with Gasteiger partial charge in [0, 0.05) is 6.04 Å². The second kappa shape index (κ2) is 14.0. The maximum atomic E-state index is 13.2. The highest BCUT2D eigenvalue weighted by molar-refractivity contribution is 6.40. The van der Waals surface area contributed by atoms with Crippen LogP contribution in [-0.2, 0) is 21.0 Å². The summed E-state index contributed by atoms with van der Waals surface area (Å²) in [7, 11) is 0. The van der Waals surface area contributed by atoms with Crippen molar-refractivity contribution in [3.63, 3.8) is 0 Å². The molecule has 41 heavy (non-hydrogen) atoms. The lowest BCUT2D eigenvalue weighted by atomic mass is 10.1. The second-order valence-corrected chi connectivity index (χ2v) is 11.8. The number of nitrogens with one attached hydrogen (secondary N) is 4. The Kier molecular flexibility index (Phi) is 11.0. The van der Waals surface area contributed by atoms with Crippen LogP contribution < -0.4 is 21.3 Å². The molecular weight excluding hydrogens is 575 g/mol. The molecule has 0 spiro atoms. The van der Waals surface area contributed by atoms with Gasteiger partial charge in [-0.1, -0.05) is 43.1 Å². The van der Waals surface area contributed by atoms with E-state index >= 15 is 0 Å². The third kappa shape index (κ3) is 9.34. The van der Waals surface area contributed by atoms with Crippen molar-refractivity contribution in [2.24, 2.45) is 5.92 Å². The molecule has 2 aromatic rings. The zero-order valence-electron chi connectivity index (χ0n) is 23.7. The first-order valence-electron chi connectivity index (χ1n) is 13.3. The fraction of sp³-hybridized carbons (Fsp3) is 0.519. The van der Waals surface area contributed by atoms with Gasteiger partial charge in [0.2, 0.25) is 0 Å². The number of aromatic nitrogens is 2. The van der Waals surface area contributed by atoms with Crippen molar-refractivity contribution < 1.29 is 28.7 Å². The summed E-state index contributed by atoms with van der Waals surface area (Å²) in [6.07, 6.45) is 2.08. The summed E-state index contributed by atoms with van der Waals surface area (Å²) < 4.78 is 11.8. The maximum absolute atomic E-state index is 13.2. The average Bonchev–Trinajstić information content (AvgIpc) is 3.27. The lowest BCUT2D eigenvalue weighted by Crippen LogP contribution is -2.47. The first-order chi connectivity index (χ1) is 19.2. The van der Waals surface area contributed by atoms with E-state index in [2.05, 4.69) is 26.4 Å². The summed E-state index contributed by atoms with van der Waals surface area (Å²) in [5.41, 5.74) is -0.720. The van der Waals surface area contributed by atoms with E-state index in [0.717, 1.165) is 25.9 Å². The largest absolute Gasteiger partial charge is 0.444 e. The molecule has 0 saturated carbocycles. The summed E-state index contributed by atoms with van der Waals surface area (Å²) in [5.74, 6) is -2.19. The minimum absolute atomic E-state index is 0.0349. The van der Waals surface area contributed by atoms with Crippen molar-refractivity contribution in [2.75, 3.05) is 18.4 Å². The Morgan fingerprint density at radius 3 is 2.32 bits per heavy atom. The molecule has 14 heteroatoms. The van der Waals surface area contributed by atoms with Crippen LogP contribution in [0, 0.1) is 5.92 Å². The van der Waals surface area contributed by atoms with Gasteiger partial charge in [-0.3, -0.25) is 9.59 Å². The van der Waals surface area contributed by atoms with E-state index in [1.54, 1.807) is 40.7 Å². The van der Waals surface area contributed by atoms with Crippen molar-refractivity contribution in [2.45, 2.75) is 71.9 Å². The first kappa shape index (κ1) is 32.2. The van der Waals surface area contributed by atoms with Gasteiger partial charge in [0.05, 0.1) is 27.5 Å². The zero-order chi connectivity index (χ0) is 30.3. The molecule has 1 aliphatic heterocycles. The summed E-state index contributed by atoms with van der Waals surface area (Å²) in [6, 6.07) is 3.58. The van der Waals surface area contributed by atoms with Crippen molar-refractivity contribution in [1.82, 2.24) is 25.7 Å². The third-order valence-electron chi connectivity index (χ3n) is 6.02. The van der Waals surface area contributed by atoms with Crippen molar-refractivity contribution in [3.8, 4) is 0 Å². The van der Waals surface area contributed by atoms with Gasteiger partial charge in [0.25, 0.3) is 11.8 Å². The molecule has 0 aliphatic carbocycles. The van der Waals surface area contributed by atoms with Gasteiger partial charge in [0.1, 0.15) is 11.6 Å². The number of esters is 1. The molecule has 12 nitrogen and oxygen atoms in total. The summed E-state index contributed by atoms with van der Waals surface area (Å²) in [5, 5.41) is 15.9. The number of nitrogens with zero attached hydrogens (tertiary/aromatic N) is 2. The predicted octanol–water partition coefficient (Wildman–Crippen LogP) is 3.97. The molecular formula is C27H36Cl2N6O6. The number of amides is 3. The fourth-order valence-electron chi connectivity index (χ4n) is 4.02. The number of hydrogen-bond acceptors (Lipinski definition) is 8. The Morgan fingerprint density at radius 2 is 1.73 bits per heavy atom. The number of ether oxygens (including phenoxy) is 2. The Hall–Kier alpha value is -3.35. The smallest absolute Gasteiger partial charge is 0.408 e. The molecule has 0 radical (unpaired) electrons. The van der Waals surface area contributed by atoms with Crippen molar-refractivity contribution in [1.29, 1.82) is 0 Å². The Bertz CT molecular complexity index is 1250. The highest BCUT2D eigenvalue weighted by Gasteiger charge is 2.29. The molecule has 3 rings (SSSR count). The van der Waals surface area contributed by atoms with E-state index in [1.807, 2.05) is 0 Å². The van der Waals surface area contributed by atoms with Crippen LogP contribution in [0.4, 0.5) is 10.5 Å². The predicted molar refractivity (Wildman–Crippen MR) is 154 cm³/mol. The first-order valence-corrected chi connectivity index (χ1v) is 14.0. The van der Waals surface area contributed by atoms with Gasteiger partial charge in [-0.15, -0.1) is 0 Å². The number of alkyl carbamates (subject to hydrolysis) is 1. The quantitative estimate of drug-likeness (QED) is 0.311. The fourth-order valence-corrected chi connectivity index (χ4v) is 4.59. The van der Waals surface area contributed by atoms with Gasteiger partial charge in [0.15, 0.2) is 12.4 Å². The summed E-state index contributed by atoms with van der Waals surface area (Å²) in [4.78, 5) is 51.4. The molecule has 224 valence electrons. The van der Waals surface area contributed by atoms with Crippen LogP contribution in [-0.4, -0.2) is 64.4 Å². The standard InChI is InChI=1S/C27H36Cl2N6O6/c1-15(2)21(33-26(39)41-27(3,4)5)25(38)40-14-35-13-19(32-23(36)20-17(28)7-6-8-18(20)29)22(34-35)24(37)31-16-9-11-30-12-10-16/h6-8,13,15-16,21,30H,9-12,14H2,1-5H3,(H,31,37)(H,32,36)(H,33,39). The summed E-state index contributed by atoms with van der Waals surface area (Å²) in [6.45, 7) is 9.75. The highest BCUT2D eigenvalue weighted by atomic mass is 35.5. The number of hydrogen-bond donors (Lipinski definition) is 4. The van der Waals surface area contributed by atoms with E-state index in [9.17, 15) is 19.2 Å². The van der Waals surface area contributed by atoms with Crippen LogP contribution in [0.25, 0.3) is 0 Å². The Balaban J connectivity index is 1.79. The lowest BCUT2D eigenvalue weighted by Gasteiger charge is -2.24. The SMILES string of the molecule is CC(C)C(NC(=O)OC(C)(C)C)C(=O)OCn1cc(NC(=O)c2c(Cl)cccc2Cl)c(C(=O)NC2CCNCC2)n1. The van der Waals surface area contributed by atoms with Gasteiger partial charge in [-0.25, -0.2) is 14.3 Å². The van der Waals surface area contributed by atoms with Gasteiger partial charge in [-0.2, -0.15) is 5.10 Å². The van der Waals surface area contributed by atoms with Crippen LogP contribution in [0.1, 0.15) is 68.3 Å². The van der Waals surface area contributed by atoms with Gasteiger partial charge >= 0.3 is 12.1 Å². The highest BCUT2D eigenvalue weighted by Crippen LogP contribution is 2.26. The van der Waals surface area contributed by atoms with Crippen molar-refractivity contribution in [3.05, 3.63) is 45.7 Å². The molecule has 4 N–H and O–H groups in total. The number of carbonyl (C=O) groups excluding carboxylic acids is 4. The lowest BCUT2D eigenvalue weighted by molar-refractivity contribution is -0.151. The zero-order valence-corrected chi connectivity index (χ0v) is 25.2. The molecule has 1 atom stereocenters. The van der Waals surface area contributed by atoms with E-state index in [-0.39, 0.29) is 38.9 Å². The van der Waals surface area contributed by atoms with Crippen LogP contribution in [0.2, 0.25) is 10.0 Å². The number of anilines is 1. The van der Waals surface area contributed by atoms with Gasteiger partial charge < -0.3 is 30.7 Å². The van der Waals surface area contributed by atoms with E-state index in [4.69, 9.17) is 32.7 Å². The monoisotopic (exact) mass is 610 g/mol. The van der Waals surface area contributed by atoms with E-state index < -0.39 is 42.3 Å². The molecule has 1 unspecified atom stereocenters. The number of carbonyl (C=O) groups is 4. The normalized spacial score (nSPS) is 14.7. The number of rotatable bonds is 9. The van der Waals surface area contributed by atoms with Gasteiger partial charge in [-0.05, 0) is 64.8 Å². The minimum atomic E-state index is -0.996. The number of benzene rings is 1. The molecule has 1 aliphatic rings. The van der Waals surface area contributed by atoms with Crippen LogP contribution >= 0.6 is 23.2 Å². The number of piperidine rings is 1. The minimum Gasteiger partial charge on any atom is -0.444 e. The van der Waals surface area contributed by atoms with E-state index in [0.29, 0.717) is 0 Å². The van der Waals surface area contributed by atoms with Crippen LogP contribution in [0.15, 0.2) is 24.4 Å².